The van der Waals surface area contributed by atoms with Crippen molar-refractivity contribution in [1.82, 2.24) is 4.90 Å². The average Bonchev–Trinajstić information content (AvgIpc) is 2.58. The summed E-state index contributed by atoms with van der Waals surface area (Å²) in [6.45, 7) is 6.81. The Kier molecular flexibility index (Phi) is 6.64. The van der Waals surface area contributed by atoms with Crippen molar-refractivity contribution in [3.63, 3.8) is 0 Å². The number of methoxy groups -OCH3 is 1. The Balaban J connectivity index is 1.95. The van der Waals surface area contributed by atoms with Gasteiger partial charge in [-0.3, -0.25) is 4.79 Å². The summed E-state index contributed by atoms with van der Waals surface area (Å²) in [6, 6.07) is 4.76. The topological polar surface area (TPSA) is 74.3 Å². The summed E-state index contributed by atoms with van der Waals surface area (Å²) in [5.41, 5.74) is 0.306. The number of ether oxygens (including phenoxy) is 4. The van der Waals surface area contributed by atoms with Crippen LogP contribution in [0.5, 0.6) is 11.5 Å². The van der Waals surface area contributed by atoms with Crippen LogP contribution in [0.4, 0.5) is 0 Å². The zero-order chi connectivity index (χ0) is 18.4. The fourth-order valence-electron chi connectivity index (χ4n) is 2.76. The van der Waals surface area contributed by atoms with Gasteiger partial charge in [-0.2, -0.15) is 0 Å². The van der Waals surface area contributed by atoms with Crippen molar-refractivity contribution in [2.75, 3.05) is 33.4 Å². The Hall–Kier alpha value is -2.28. The molecule has 0 aliphatic carbocycles. The van der Waals surface area contributed by atoms with E-state index in [0.717, 1.165) is 0 Å². The van der Waals surface area contributed by atoms with E-state index in [9.17, 15) is 9.59 Å². The Morgan fingerprint density at radius 3 is 2.48 bits per heavy atom. The monoisotopic (exact) mass is 351 g/mol. The number of morpholine rings is 1. The van der Waals surface area contributed by atoms with Crippen molar-refractivity contribution in [3.05, 3.63) is 23.8 Å². The van der Waals surface area contributed by atoms with E-state index < -0.39 is 5.97 Å². The molecule has 1 aliphatic rings. The van der Waals surface area contributed by atoms with E-state index in [-0.39, 0.29) is 24.7 Å². The Morgan fingerprint density at radius 1 is 1.20 bits per heavy atom. The maximum atomic E-state index is 12.2. The fourth-order valence-corrected chi connectivity index (χ4v) is 2.76. The van der Waals surface area contributed by atoms with E-state index in [1.165, 1.54) is 7.11 Å². The maximum Gasteiger partial charge on any atom is 0.338 e. The summed E-state index contributed by atoms with van der Waals surface area (Å²) >= 11 is 0. The van der Waals surface area contributed by atoms with Gasteiger partial charge in [0.25, 0.3) is 5.91 Å². The van der Waals surface area contributed by atoms with Gasteiger partial charge in [0.15, 0.2) is 18.1 Å². The van der Waals surface area contributed by atoms with Crippen molar-refractivity contribution >= 4 is 11.9 Å². The van der Waals surface area contributed by atoms with Crippen LogP contribution < -0.4 is 9.47 Å². The van der Waals surface area contributed by atoms with E-state index in [4.69, 9.17) is 18.9 Å². The molecule has 0 aromatic heterocycles. The van der Waals surface area contributed by atoms with Crippen molar-refractivity contribution in [1.29, 1.82) is 0 Å². The van der Waals surface area contributed by atoms with E-state index in [0.29, 0.717) is 36.8 Å². The number of amides is 1. The highest BCUT2D eigenvalue weighted by atomic mass is 16.5. The third-order valence-corrected chi connectivity index (χ3v) is 3.80. The van der Waals surface area contributed by atoms with Crippen LogP contribution in [0.15, 0.2) is 18.2 Å². The van der Waals surface area contributed by atoms with Crippen LogP contribution in [0.1, 0.15) is 31.1 Å². The highest BCUT2D eigenvalue weighted by Gasteiger charge is 2.26. The summed E-state index contributed by atoms with van der Waals surface area (Å²) in [4.78, 5) is 26.1. The number of hydrogen-bond acceptors (Lipinski definition) is 6. The third kappa shape index (κ3) is 5.09. The molecule has 1 aromatic rings. The lowest BCUT2D eigenvalue weighted by molar-refractivity contribution is -0.146. The van der Waals surface area contributed by atoms with Gasteiger partial charge in [-0.05, 0) is 39.0 Å². The van der Waals surface area contributed by atoms with Gasteiger partial charge in [0.05, 0.1) is 31.5 Å². The van der Waals surface area contributed by atoms with Gasteiger partial charge in [-0.15, -0.1) is 0 Å². The van der Waals surface area contributed by atoms with Crippen LogP contribution in [0.2, 0.25) is 0 Å². The standard InChI is InChI=1S/C18H25NO6/c1-5-23-16-8-14(6-7-15(16)22-4)18(21)24-11-17(20)19-9-12(2)25-13(3)10-19/h6-8,12-13H,5,9-11H2,1-4H3/t12-,13-/m0/s1. The normalized spacial score (nSPS) is 20.1. The molecule has 138 valence electrons. The van der Waals surface area contributed by atoms with Crippen molar-refractivity contribution in [2.45, 2.75) is 33.0 Å². The summed E-state index contributed by atoms with van der Waals surface area (Å²) in [6.07, 6.45) is -0.0579. The molecule has 0 N–H and O–H groups in total. The molecule has 0 radical (unpaired) electrons. The number of carbonyl (C=O) groups is 2. The first kappa shape index (κ1) is 19.1. The summed E-state index contributed by atoms with van der Waals surface area (Å²) in [5.74, 6) is 0.188. The number of benzene rings is 1. The first-order chi connectivity index (χ1) is 11.9. The van der Waals surface area contributed by atoms with Crippen LogP contribution in [0.25, 0.3) is 0 Å². The Labute approximate surface area is 147 Å². The Morgan fingerprint density at radius 2 is 1.88 bits per heavy atom. The van der Waals surface area contributed by atoms with Crippen LogP contribution in [-0.4, -0.2) is 62.4 Å². The van der Waals surface area contributed by atoms with Crippen molar-refractivity contribution < 1.29 is 28.5 Å². The molecular weight excluding hydrogens is 326 g/mol. The average molecular weight is 351 g/mol. The fraction of sp³-hybridized carbons (Fsp3) is 0.556. The molecule has 2 rings (SSSR count). The molecule has 1 heterocycles. The molecule has 1 aromatic carbocycles. The maximum absolute atomic E-state index is 12.2. The van der Waals surface area contributed by atoms with Crippen molar-refractivity contribution in [2.24, 2.45) is 0 Å². The van der Waals surface area contributed by atoms with E-state index in [2.05, 4.69) is 0 Å². The number of hydrogen-bond donors (Lipinski definition) is 0. The molecule has 7 nitrogen and oxygen atoms in total. The minimum atomic E-state index is -0.577. The van der Waals surface area contributed by atoms with E-state index in [1.807, 2.05) is 20.8 Å². The molecule has 1 aliphatic heterocycles. The zero-order valence-electron chi connectivity index (χ0n) is 15.1. The summed E-state index contributed by atoms with van der Waals surface area (Å²) in [7, 11) is 1.53. The van der Waals surface area contributed by atoms with E-state index >= 15 is 0 Å². The van der Waals surface area contributed by atoms with Gasteiger partial charge in [0.1, 0.15) is 0 Å². The highest BCUT2D eigenvalue weighted by Crippen LogP contribution is 2.28. The molecule has 0 unspecified atom stereocenters. The molecular formula is C18H25NO6. The molecule has 0 spiro atoms. The minimum absolute atomic E-state index is 0.0289. The second-order valence-electron chi connectivity index (χ2n) is 5.93. The lowest BCUT2D eigenvalue weighted by Crippen LogP contribution is -2.49. The van der Waals surface area contributed by atoms with Crippen molar-refractivity contribution in [3.8, 4) is 11.5 Å². The van der Waals surface area contributed by atoms with Gasteiger partial charge >= 0.3 is 5.97 Å². The number of carbonyl (C=O) groups excluding carboxylic acids is 2. The molecule has 7 heteroatoms. The third-order valence-electron chi connectivity index (χ3n) is 3.80. The zero-order valence-corrected chi connectivity index (χ0v) is 15.1. The quantitative estimate of drug-likeness (QED) is 0.729. The molecule has 1 amide bonds. The van der Waals surface area contributed by atoms with Gasteiger partial charge in [0.2, 0.25) is 0 Å². The highest BCUT2D eigenvalue weighted by molar-refractivity contribution is 5.92. The predicted octanol–water partition coefficient (Wildman–Crippen LogP) is 1.89. The largest absolute Gasteiger partial charge is 0.493 e. The van der Waals surface area contributed by atoms with Crippen LogP contribution in [0.3, 0.4) is 0 Å². The Bertz CT molecular complexity index is 608. The molecule has 2 atom stereocenters. The molecule has 0 saturated carbocycles. The van der Waals surface area contributed by atoms with Gasteiger partial charge in [-0.25, -0.2) is 4.79 Å². The second kappa shape index (κ2) is 8.71. The second-order valence-corrected chi connectivity index (χ2v) is 5.93. The first-order valence-corrected chi connectivity index (χ1v) is 8.35. The number of esters is 1. The summed E-state index contributed by atoms with van der Waals surface area (Å²) < 4.78 is 21.4. The van der Waals surface area contributed by atoms with Gasteiger partial charge < -0.3 is 23.8 Å². The number of rotatable bonds is 6. The van der Waals surface area contributed by atoms with Crippen LogP contribution in [0, 0.1) is 0 Å². The van der Waals surface area contributed by atoms with E-state index in [1.54, 1.807) is 23.1 Å². The number of nitrogens with zero attached hydrogens (tertiary/aromatic N) is 1. The minimum Gasteiger partial charge on any atom is -0.493 e. The SMILES string of the molecule is CCOc1cc(C(=O)OCC(=O)N2C[C@H](C)O[C@@H](C)C2)ccc1OC. The molecule has 1 fully saturated rings. The van der Waals surface area contributed by atoms with Gasteiger partial charge in [0, 0.05) is 13.1 Å². The first-order valence-electron chi connectivity index (χ1n) is 8.35. The lowest BCUT2D eigenvalue weighted by Gasteiger charge is -2.35. The van der Waals surface area contributed by atoms with Crippen LogP contribution >= 0.6 is 0 Å². The van der Waals surface area contributed by atoms with Gasteiger partial charge in [-0.1, -0.05) is 0 Å². The molecule has 25 heavy (non-hydrogen) atoms. The molecule has 1 saturated heterocycles. The molecule has 0 bridgehead atoms. The smallest absolute Gasteiger partial charge is 0.338 e. The predicted molar refractivity (Wildman–Crippen MR) is 91.0 cm³/mol. The van der Waals surface area contributed by atoms with Crippen LogP contribution in [-0.2, 0) is 14.3 Å². The lowest BCUT2D eigenvalue weighted by atomic mass is 10.2. The summed E-state index contributed by atoms with van der Waals surface area (Å²) in [5, 5.41) is 0.